The Balaban J connectivity index is 1.09. The fraction of sp³-hybridized carbons (Fsp3) is 0.0179. The summed E-state index contributed by atoms with van der Waals surface area (Å²) in [6.07, 6.45) is 0. The molecule has 1 spiro atoms. The van der Waals surface area contributed by atoms with Gasteiger partial charge in [0, 0.05) is 26.5 Å². The highest BCUT2D eigenvalue weighted by Gasteiger charge is 2.51. The summed E-state index contributed by atoms with van der Waals surface area (Å²) in [6, 6.07) is 72.8. The third-order valence-corrected chi connectivity index (χ3v) is 13.4. The zero-order valence-electron chi connectivity index (χ0n) is 32.2. The number of rotatable bonds is 4. The van der Waals surface area contributed by atoms with Crippen molar-refractivity contribution in [1.82, 2.24) is 9.55 Å². The molecule has 0 aliphatic heterocycles. The van der Waals surface area contributed by atoms with E-state index in [1.165, 1.54) is 44.5 Å². The standard InChI is InChI=1S/C56H33BrN2O/c57-39-24-26-44-43-25-22-35(32-49(43)56(50(44)33-39)47-17-7-4-14-41(47)42-15-5-8-18-48(42)56)37-28-36(34-23-27-54-46(31-34)45-16-6-11-21-53(45)60-54)29-38(30-37)55-58-51-19-9-10-20-52(51)59(55)40-12-2-1-3-13-40/h1-33H. The van der Waals surface area contributed by atoms with Gasteiger partial charge in [-0.2, -0.15) is 0 Å². The van der Waals surface area contributed by atoms with Gasteiger partial charge in [0.1, 0.15) is 17.0 Å². The lowest BCUT2D eigenvalue weighted by molar-refractivity contribution is 0.669. The first-order valence-electron chi connectivity index (χ1n) is 20.4. The molecule has 0 atom stereocenters. The summed E-state index contributed by atoms with van der Waals surface area (Å²) in [5, 5.41) is 2.22. The van der Waals surface area contributed by atoms with Gasteiger partial charge in [0.25, 0.3) is 0 Å². The van der Waals surface area contributed by atoms with Crippen LogP contribution in [0.2, 0.25) is 0 Å². The molecule has 0 saturated carbocycles. The number of halogens is 1. The highest BCUT2D eigenvalue weighted by Crippen LogP contribution is 2.63. The summed E-state index contributed by atoms with van der Waals surface area (Å²) in [4.78, 5) is 5.36. The molecule has 9 aromatic carbocycles. The van der Waals surface area contributed by atoms with Gasteiger partial charge >= 0.3 is 0 Å². The second kappa shape index (κ2) is 12.6. The fourth-order valence-electron chi connectivity index (χ4n) is 10.3. The van der Waals surface area contributed by atoms with Crippen molar-refractivity contribution in [3.05, 3.63) is 227 Å². The Hall–Kier alpha value is -7.27. The van der Waals surface area contributed by atoms with E-state index >= 15 is 0 Å². The lowest BCUT2D eigenvalue weighted by Gasteiger charge is -2.31. The molecule has 0 amide bonds. The van der Waals surface area contributed by atoms with Crippen LogP contribution < -0.4 is 0 Å². The first-order chi connectivity index (χ1) is 29.6. The smallest absolute Gasteiger partial charge is 0.145 e. The van der Waals surface area contributed by atoms with Crippen LogP contribution in [0.15, 0.2) is 209 Å². The van der Waals surface area contributed by atoms with Crippen LogP contribution in [0.1, 0.15) is 22.3 Å². The molecule has 280 valence electrons. The monoisotopic (exact) mass is 828 g/mol. The first-order valence-corrected chi connectivity index (χ1v) is 21.2. The van der Waals surface area contributed by atoms with Crippen LogP contribution in [-0.4, -0.2) is 9.55 Å². The van der Waals surface area contributed by atoms with Crippen molar-refractivity contribution in [2.24, 2.45) is 0 Å². The number of nitrogens with zero attached hydrogens (tertiary/aromatic N) is 2. The van der Waals surface area contributed by atoms with Crippen molar-refractivity contribution in [1.29, 1.82) is 0 Å². The Morgan fingerprint density at radius 2 is 1.00 bits per heavy atom. The molecule has 2 aliphatic carbocycles. The van der Waals surface area contributed by atoms with E-state index in [1.54, 1.807) is 0 Å². The maximum Gasteiger partial charge on any atom is 0.145 e. The molecule has 13 rings (SSSR count). The van der Waals surface area contributed by atoms with Crippen molar-refractivity contribution in [3.63, 3.8) is 0 Å². The van der Waals surface area contributed by atoms with Gasteiger partial charge in [0.2, 0.25) is 0 Å². The average Bonchev–Trinajstić information content (AvgIpc) is 4.04. The van der Waals surface area contributed by atoms with E-state index in [9.17, 15) is 0 Å². The van der Waals surface area contributed by atoms with Gasteiger partial charge < -0.3 is 4.42 Å². The number of furan rings is 1. The van der Waals surface area contributed by atoms with Crippen LogP contribution in [0.4, 0.5) is 0 Å². The lowest BCUT2D eigenvalue weighted by Crippen LogP contribution is -2.25. The molecule has 0 N–H and O–H groups in total. The zero-order valence-corrected chi connectivity index (χ0v) is 33.8. The van der Waals surface area contributed by atoms with Crippen LogP contribution in [-0.2, 0) is 5.41 Å². The highest BCUT2D eigenvalue weighted by atomic mass is 79.9. The Kier molecular flexibility index (Phi) is 7.08. The topological polar surface area (TPSA) is 31.0 Å². The molecule has 2 aliphatic rings. The van der Waals surface area contributed by atoms with Gasteiger partial charge in [-0.15, -0.1) is 0 Å². The van der Waals surface area contributed by atoms with Gasteiger partial charge in [-0.05, 0) is 146 Å². The number of fused-ring (bicyclic) bond motifs is 14. The van der Waals surface area contributed by atoms with Crippen LogP contribution in [0.3, 0.4) is 0 Å². The van der Waals surface area contributed by atoms with E-state index in [-0.39, 0.29) is 0 Å². The molecule has 0 unspecified atom stereocenters. The van der Waals surface area contributed by atoms with E-state index < -0.39 is 5.41 Å². The molecular formula is C56H33BrN2O. The third-order valence-electron chi connectivity index (χ3n) is 12.9. The van der Waals surface area contributed by atoms with Crippen molar-refractivity contribution in [3.8, 4) is 61.6 Å². The molecule has 11 aromatic rings. The molecule has 60 heavy (non-hydrogen) atoms. The number of para-hydroxylation sites is 4. The number of hydrogen-bond acceptors (Lipinski definition) is 2. The van der Waals surface area contributed by atoms with Gasteiger partial charge in [-0.1, -0.05) is 137 Å². The molecule has 0 saturated heterocycles. The van der Waals surface area contributed by atoms with E-state index in [1.807, 2.05) is 12.1 Å². The summed E-state index contributed by atoms with van der Waals surface area (Å²) in [6.45, 7) is 0. The Morgan fingerprint density at radius 1 is 0.417 bits per heavy atom. The molecule has 0 bridgehead atoms. The lowest BCUT2D eigenvalue weighted by atomic mass is 9.70. The van der Waals surface area contributed by atoms with Crippen LogP contribution >= 0.6 is 15.9 Å². The minimum absolute atomic E-state index is 0.466. The second-order valence-corrected chi connectivity index (χ2v) is 16.9. The van der Waals surface area contributed by atoms with Crippen molar-refractivity contribution in [2.45, 2.75) is 5.41 Å². The normalized spacial score (nSPS) is 13.2. The van der Waals surface area contributed by atoms with Crippen LogP contribution in [0.5, 0.6) is 0 Å². The summed E-state index contributed by atoms with van der Waals surface area (Å²) in [7, 11) is 0. The molecule has 0 fully saturated rings. The van der Waals surface area contributed by atoms with Gasteiger partial charge in [0.15, 0.2) is 0 Å². The maximum atomic E-state index is 6.28. The van der Waals surface area contributed by atoms with Gasteiger partial charge in [0.05, 0.1) is 16.4 Å². The van der Waals surface area contributed by atoms with E-state index in [2.05, 4.69) is 209 Å². The molecule has 0 radical (unpaired) electrons. The minimum Gasteiger partial charge on any atom is -0.456 e. The predicted molar refractivity (Wildman–Crippen MR) is 249 cm³/mol. The molecule has 2 aromatic heterocycles. The SMILES string of the molecule is Brc1ccc2c(c1)C1(c3ccccc3-c3ccccc31)c1cc(-c3cc(-c4ccc5oc6ccccc6c5c4)cc(-c4nc5ccccc5n4-c4ccccc4)c3)ccc1-2. The molecule has 2 heterocycles. The minimum atomic E-state index is -0.466. The Morgan fingerprint density at radius 3 is 1.80 bits per heavy atom. The van der Waals surface area contributed by atoms with Crippen LogP contribution in [0, 0.1) is 0 Å². The van der Waals surface area contributed by atoms with E-state index in [4.69, 9.17) is 9.40 Å². The average molecular weight is 830 g/mol. The predicted octanol–water partition coefficient (Wildman–Crippen LogP) is 15.0. The second-order valence-electron chi connectivity index (χ2n) is 16.0. The first kappa shape index (κ1) is 33.7. The highest BCUT2D eigenvalue weighted by molar-refractivity contribution is 9.10. The van der Waals surface area contributed by atoms with Crippen molar-refractivity contribution in [2.75, 3.05) is 0 Å². The van der Waals surface area contributed by atoms with Crippen molar-refractivity contribution < 1.29 is 4.42 Å². The summed E-state index contributed by atoms with van der Waals surface area (Å²) >= 11 is 3.88. The fourth-order valence-corrected chi connectivity index (χ4v) is 10.7. The largest absolute Gasteiger partial charge is 0.456 e. The quantitative estimate of drug-likeness (QED) is 0.177. The summed E-state index contributed by atoms with van der Waals surface area (Å²) < 4.78 is 9.66. The third kappa shape index (κ3) is 4.68. The van der Waals surface area contributed by atoms with Gasteiger partial charge in [-0.3, -0.25) is 4.57 Å². The Labute approximate surface area is 355 Å². The number of imidazole rings is 1. The zero-order chi connectivity index (χ0) is 39.5. The van der Waals surface area contributed by atoms with Gasteiger partial charge in [-0.25, -0.2) is 4.98 Å². The number of benzene rings is 9. The molecule has 3 nitrogen and oxygen atoms in total. The van der Waals surface area contributed by atoms with Crippen molar-refractivity contribution >= 4 is 48.9 Å². The maximum absolute atomic E-state index is 6.28. The molecule has 4 heteroatoms. The summed E-state index contributed by atoms with van der Waals surface area (Å²) in [5.41, 5.74) is 20.4. The van der Waals surface area contributed by atoms with E-state index in [0.29, 0.717) is 0 Å². The summed E-state index contributed by atoms with van der Waals surface area (Å²) in [5.74, 6) is 0.897. The number of hydrogen-bond donors (Lipinski definition) is 0. The van der Waals surface area contributed by atoms with Crippen LogP contribution in [0.25, 0.3) is 94.6 Å². The Bertz CT molecular complexity index is 3530. The molecular weight excluding hydrogens is 797 g/mol. The van der Waals surface area contributed by atoms with E-state index in [0.717, 1.165) is 76.8 Å². The number of aromatic nitrogens is 2.